The number of carbonyl (C=O) groups excluding carboxylic acids is 2. The van der Waals surface area contributed by atoms with Gasteiger partial charge in [0.2, 0.25) is 0 Å². The van der Waals surface area contributed by atoms with E-state index in [-0.39, 0.29) is 24.4 Å². The number of amides is 2. The summed E-state index contributed by atoms with van der Waals surface area (Å²) in [5, 5.41) is 2.91. The SMILES string of the molecule is CCOc1ccc(NC(=O)C[NH+](C)[C@H](C)C(=O)N2C[C@H](C)C[C@H](C)C2)cc1OCC. The van der Waals surface area contributed by atoms with Crippen LogP contribution in [-0.4, -0.2) is 62.7 Å². The number of anilines is 1. The van der Waals surface area contributed by atoms with Crippen LogP contribution in [0.4, 0.5) is 5.69 Å². The summed E-state index contributed by atoms with van der Waals surface area (Å²) < 4.78 is 11.2. The van der Waals surface area contributed by atoms with Crippen LogP contribution in [0.2, 0.25) is 0 Å². The van der Waals surface area contributed by atoms with Gasteiger partial charge in [-0.25, -0.2) is 0 Å². The molecule has 7 heteroatoms. The van der Waals surface area contributed by atoms with Crippen molar-refractivity contribution in [2.75, 3.05) is 45.2 Å². The van der Waals surface area contributed by atoms with Crippen molar-refractivity contribution < 1.29 is 24.0 Å². The number of piperidine rings is 1. The van der Waals surface area contributed by atoms with Gasteiger partial charge in [-0.2, -0.15) is 0 Å². The molecular weight excluding hydrogens is 382 g/mol. The van der Waals surface area contributed by atoms with Crippen molar-refractivity contribution in [2.45, 2.75) is 47.1 Å². The molecular formula is C23H38N3O4+. The molecule has 2 rings (SSSR count). The summed E-state index contributed by atoms with van der Waals surface area (Å²) >= 11 is 0. The fourth-order valence-electron chi connectivity index (χ4n) is 4.07. The van der Waals surface area contributed by atoms with E-state index in [0.29, 0.717) is 42.2 Å². The summed E-state index contributed by atoms with van der Waals surface area (Å²) in [6.07, 6.45) is 1.16. The van der Waals surface area contributed by atoms with E-state index in [1.54, 1.807) is 18.2 Å². The van der Waals surface area contributed by atoms with Gasteiger partial charge in [-0.3, -0.25) is 9.59 Å². The van der Waals surface area contributed by atoms with E-state index in [0.717, 1.165) is 24.4 Å². The number of hydrogen-bond donors (Lipinski definition) is 2. The minimum atomic E-state index is -0.271. The lowest BCUT2D eigenvalue weighted by molar-refractivity contribution is -0.886. The van der Waals surface area contributed by atoms with E-state index in [4.69, 9.17) is 9.47 Å². The van der Waals surface area contributed by atoms with Gasteiger partial charge in [-0.15, -0.1) is 0 Å². The number of benzene rings is 1. The lowest BCUT2D eigenvalue weighted by atomic mass is 9.91. The summed E-state index contributed by atoms with van der Waals surface area (Å²) in [6.45, 7) is 13.0. The molecule has 0 spiro atoms. The summed E-state index contributed by atoms with van der Waals surface area (Å²) in [4.78, 5) is 28.3. The zero-order chi connectivity index (χ0) is 22.3. The van der Waals surface area contributed by atoms with Crippen LogP contribution >= 0.6 is 0 Å². The molecule has 4 atom stereocenters. The van der Waals surface area contributed by atoms with E-state index in [2.05, 4.69) is 19.2 Å². The molecule has 1 heterocycles. The number of rotatable bonds is 9. The Balaban J connectivity index is 1.95. The lowest BCUT2D eigenvalue weighted by Gasteiger charge is -2.36. The summed E-state index contributed by atoms with van der Waals surface area (Å²) in [5.74, 6) is 2.29. The van der Waals surface area contributed by atoms with Crippen LogP contribution < -0.4 is 19.7 Å². The first-order valence-corrected chi connectivity index (χ1v) is 11.1. The zero-order valence-corrected chi connectivity index (χ0v) is 19.3. The third-order valence-electron chi connectivity index (χ3n) is 5.56. The normalized spacial score (nSPS) is 20.9. The average Bonchev–Trinajstić information content (AvgIpc) is 2.68. The minimum absolute atomic E-state index is 0.124. The highest BCUT2D eigenvalue weighted by Crippen LogP contribution is 2.30. The predicted molar refractivity (Wildman–Crippen MR) is 118 cm³/mol. The molecule has 2 amide bonds. The second kappa shape index (κ2) is 11.2. The quantitative estimate of drug-likeness (QED) is 0.639. The monoisotopic (exact) mass is 420 g/mol. The van der Waals surface area contributed by atoms with E-state index in [1.807, 2.05) is 32.7 Å². The second-order valence-corrected chi connectivity index (χ2v) is 8.51. The van der Waals surface area contributed by atoms with Gasteiger partial charge in [-0.1, -0.05) is 13.8 Å². The van der Waals surface area contributed by atoms with Crippen molar-refractivity contribution in [3.8, 4) is 11.5 Å². The van der Waals surface area contributed by atoms with E-state index in [1.165, 1.54) is 0 Å². The largest absolute Gasteiger partial charge is 0.490 e. The molecule has 30 heavy (non-hydrogen) atoms. The average molecular weight is 421 g/mol. The van der Waals surface area contributed by atoms with Crippen LogP contribution in [0.15, 0.2) is 18.2 Å². The molecule has 168 valence electrons. The van der Waals surface area contributed by atoms with Crippen molar-refractivity contribution in [1.82, 2.24) is 4.90 Å². The van der Waals surface area contributed by atoms with Gasteiger partial charge in [0.15, 0.2) is 24.1 Å². The van der Waals surface area contributed by atoms with Crippen molar-refractivity contribution in [2.24, 2.45) is 11.8 Å². The smallest absolute Gasteiger partial charge is 0.280 e. The molecule has 1 aromatic rings. The highest BCUT2D eigenvalue weighted by Gasteiger charge is 2.32. The number of nitrogens with zero attached hydrogens (tertiary/aromatic N) is 1. The fourth-order valence-corrected chi connectivity index (χ4v) is 4.07. The number of quaternary nitrogens is 1. The molecule has 0 bridgehead atoms. The van der Waals surface area contributed by atoms with Gasteiger partial charge >= 0.3 is 0 Å². The van der Waals surface area contributed by atoms with Crippen molar-refractivity contribution >= 4 is 17.5 Å². The van der Waals surface area contributed by atoms with Gasteiger partial charge in [-0.05, 0) is 51.2 Å². The minimum Gasteiger partial charge on any atom is -0.490 e. The first-order chi connectivity index (χ1) is 14.2. The van der Waals surface area contributed by atoms with Gasteiger partial charge < -0.3 is 24.6 Å². The van der Waals surface area contributed by atoms with Crippen molar-refractivity contribution in [3.05, 3.63) is 18.2 Å². The number of likely N-dealkylation sites (N-methyl/N-ethyl adjacent to an activating group) is 1. The molecule has 0 saturated carbocycles. The third-order valence-corrected chi connectivity index (χ3v) is 5.56. The van der Waals surface area contributed by atoms with Gasteiger partial charge in [0, 0.05) is 24.8 Å². The maximum atomic E-state index is 12.9. The maximum absolute atomic E-state index is 12.9. The molecule has 0 aliphatic carbocycles. The Kier molecular flexibility index (Phi) is 8.96. The van der Waals surface area contributed by atoms with E-state index >= 15 is 0 Å². The third kappa shape index (κ3) is 6.62. The molecule has 1 aliphatic rings. The Morgan fingerprint density at radius 2 is 1.73 bits per heavy atom. The Morgan fingerprint density at radius 1 is 1.13 bits per heavy atom. The highest BCUT2D eigenvalue weighted by atomic mass is 16.5. The van der Waals surface area contributed by atoms with E-state index < -0.39 is 0 Å². The van der Waals surface area contributed by atoms with Crippen LogP contribution in [0.3, 0.4) is 0 Å². The first-order valence-electron chi connectivity index (χ1n) is 11.1. The number of hydrogen-bond acceptors (Lipinski definition) is 4. The molecule has 1 aliphatic heterocycles. The number of ether oxygens (including phenoxy) is 2. The van der Waals surface area contributed by atoms with Crippen LogP contribution in [0, 0.1) is 11.8 Å². The standard InChI is InChI=1S/C23H37N3O4/c1-7-29-20-10-9-19(12-21(20)30-8-2)24-22(27)15-25(6)18(5)23(28)26-13-16(3)11-17(4)14-26/h9-10,12,16-18H,7-8,11,13-15H2,1-6H3,(H,24,27)/p+1/t16-,17+,18-/m1/s1. The maximum Gasteiger partial charge on any atom is 0.280 e. The molecule has 1 unspecified atom stereocenters. The number of nitrogens with one attached hydrogen (secondary N) is 2. The molecule has 0 aromatic heterocycles. The molecule has 7 nitrogen and oxygen atoms in total. The highest BCUT2D eigenvalue weighted by molar-refractivity contribution is 5.92. The lowest BCUT2D eigenvalue weighted by Crippen LogP contribution is -3.15. The summed E-state index contributed by atoms with van der Waals surface area (Å²) in [6, 6.07) is 5.09. The van der Waals surface area contributed by atoms with Gasteiger partial charge in [0.25, 0.3) is 11.8 Å². The summed E-state index contributed by atoms with van der Waals surface area (Å²) in [7, 11) is 1.89. The van der Waals surface area contributed by atoms with Crippen LogP contribution in [-0.2, 0) is 9.59 Å². The Morgan fingerprint density at radius 3 is 2.33 bits per heavy atom. The fraction of sp³-hybridized carbons (Fsp3) is 0.652. The molecule has 2 N–H and O–H groups in total. The molecule has 0 radical (unpaired) electrons. The summed E-state index contributed by atoms with van der Waals surface area (Å²) in [5.41, 5.74) is 0.650. The molecule has 1 fully saturated rings. The Bertz CT molecular complexity index is 714. The Labute approximate surface area is 180 Å². The van der Waals surface area contributed by atoms with Gasteiger partial charge in [0.05, 0.1) is 20.3 Å². The first kappa shape index (κ1) is 24.0. The van der Waals surface area contributed by atoms with Crippen LogP contribution in [0.5, 0.6) is 11.5 Å². The van der Waals surface area contributed by atoms with Gasteiger partial charge in [0.1, 0.15) is 0 Å². The van der Waals surface area contributed by atoms with Crippen molar-refractivity contribution in [3.63, 3.8) is 0 Å². The number of likely N-dealkylation sites (tertiary alicyclic amines) is 1. The second-order valence-electron chi connectivity index (χ2n) is 8.51. The molecule has 1 saturated heterocycles. The van der Waals surface area contributed by atoms with Crippen molar-refractivity contribution in [1.29, 1.82) is 0 Å². The predicted octanol–water partition coefficient (Wildman–Crippen LogP) is 1.83. The zero-order valence-electron chi connectivity index (χ0n) is 19.3. The topological polar surface area (TPSA) is 72.3 Å². The Hall–Kier alpha value is -2.28. The van der Waals surface area contributed by atoms with Crippen LogP contribution in [0.1, 0.15) is 41.0 Å². The van der Waals surface area contributed by atoms with E-state index in [9.17, 15) is 9.59 Å². The van der Waals surface area contributed by atoms with Crippen LogP contribution in [0.25, 0.3) is 0 Å². The molecule has 1 aromatic carbocycles. The number of carbonyl (C=O) groups is 2.